The summed E-state index contributed by atoms with van der Waals surface area (Å²) in [5.74, 6) is 8.65. The molecule has 100 valence electrons. The molecule has 0 aromatic carbocycles. The molecule has 0 amide bonds. The van der Waals surface area contributed by atoms with Crippen LogP contribution in [0.4, 0.5) is 0 Å². The molecule has 0 saturated heterocycles. The Morgan fingerprint density at radius 2 is 1.82 bits per heavy atom. The first-order chi connectivity index (χ1) is 8.06. The van der Waals surface area contributed by atoms with Crippen molar-refractivity contribution in [2.75, 3.05) is 0 Å². The molecule has 3 N–H and O–H groups in total. The van der Waals surface area contributed by atoms with E-state index in [1.54, 1.807) is 0 Å². The fourth-order valence-corrected chi connectivity index (χ4v) is 3.19. The Balaban J connectivity index is 2.71. The van der Waals surface area contributed by atoms with E-state index in [2.05, 4.69) is 33.1 Å². The highest BCUT2D eigenvalue weighted by Crippen LogP contribution is 2.36. The summed E-state index contributed by atoms with van der Waals surface area (Å²) >= 11 is 0. The molecule has 2 heteroatoms. The van der Waals surface area contributed by atoms with Crippen LogP contribution in [-0.2, 0) is 0 Å². The van der Waals surface area contributed by atoms with E-state index in [0.29, 0.717) is 5.92 Å². The molecule has 1 aliphatic rings. The summed E-state index contributed by atoms with van der Waals surface area (Å²) in [7, 11) is 0. The summed E-state index contributed by atoms with van der Waals surface area (Å²) < 4.78 is 0. The van der Waals surface area contributed by atoms with Crippen LogP contribution in [0.25, 0.3) is 0 Å². The second-order valence-corrected chi connectivity index (χ2v) is 6.21. The highest BCUT2D eigenvalue weighted by atomic mass is 15.2. The van der Waals surface area contributed by atoms with Gasteiger partial charge < -0.3 is 5.43 Å². The summed E-state index contributed by atoms with van der Waals surface area (Å²) in [6.45, 7) is 9.41. The number of allylic oxidation sites excluding steroid dienone is 1. The Morgan fingerprint density at radius 3 is 2.35 bits per heavy atom. The van der Waals surface area contributed by atoms with Crippen molar-refractivity contribution in [1.29, 1.82) is 0 Å². The first-order valence-corrected chi connectivity index (χ1v) is 7.21. The van der Waals surface area contributed by atoms with Crippen LogP contribution in [0.15, 0.2) is 11.8 Å². The molecule has 0 aromatic heterocycles. The zero-order valence-electron chi connectivity index (χ0n) is 12.0. The third-order valence-electron chi connectivity index (χ3n) is 4.38. The molecule has 0 bridgehead atoms. The van der Waals surface area contributed by atoms with Crippen LogP contribution in [0.3, 0.4) is 0 Å². The average molecular weight is 238 g/mol. The minimum Gasteiger partial charge on any atom is -0.331 e. The van der Waals surface area contributed by atoms with Gasteiger partial charge in [-0.25, -0.2) is 0 Å². The first-order valence-electron chi connectivity index (χ1n) is 7.21. The Morgan fingerprint density at radius 1 is 1.12 bits per heavy atom. The van der Waals surface area contributed by atoms with Gasteiger partial charge in [0.25, 0.3) is 0 Å². The van der Waals surface area contributed by atoms with E-state index >= 15 is 0 Å². The molecular formula is C15H30N2. The van der Waals surface area contributed by atoms with E-state index in [4.69, 9.17) is 5.84 Å². The van der Waals surface area contributed by atoms with Gasteiger partial charge in [-0.05, 0) is 61.3 Å². The Bertz CT molecular complexity index is 243. The minimum atomic E-state index is 0.715. The number of nitrogens with one attached hydrogen (secondary N) is 1. The maximum absolute atomic E-state index is 5.46. The van der Waals surface area contributed by atoms with Crippen LogP contribution in [0.5, 0.6) is 0 Å². The standard InChI is InChI=1S/C15H30N2/c1-11(2)13-6-5-7-14(10-17-16)15(9-8-13)12(3)4/h10-13,15,17H,5-9,16H2,1-4H3/b14-10-. The van der Waals surface area contributed by atoms with Gasteiger partial charge in [-0.1, -0.05) is 27.7 Å². The molecule has 0 aliphatic heterocycles. The highest BCUT2D eigenvalue weighted by Gasteiger charge is 2.24. The van der Waals surface area contributed by atoms with Crippen LogP contribution in [0.1, 0.15) is 59.8 Å². The van der Waals surface area contributed by atoms with Gasteiger partial charge in [0.2, 0.25) is 0 Å². The first kappa shape index (κ1) is 14.6. The zero-order valence-corrected chi connectivity index (χ0v) is 12.0. The Kier molecular flexibility index (Phi) is 6.04. The van der Waals surface area contributed by atoms with Gasteiger partial charge in [0.1, 0.15) is 0 Å². The molecule has 0 radical (unpaired) electrons. The fraction of sp³-hybridized carbons (Fsp3) is 0.867. The topological polar surface area (TPSA) is 38.0 Å². The molecule has 0 aromatic rings. The van der Waals surface area contributed by atoms with Crippen molar-refractivity contribution in [2.45, 2.75) is 59.8 Å². The van der Waals surface area contributed by atoms with E-state index < -0.39 is 0 Å². The van der Waals surface area contributed by atoms with Crippen molar-refractivity contribution in [1.82, 2.24) is 5.43 Å². The predicted molar refractivity (Wildman–Crippen MR) is 75.1 cm³/mol. The van der Waals surface area contributed by atoms with Gasteiger partial charge in [0.05, 0.1) is 0 Å². The minimum absolute atomic E-state index is 0.715. The van der Waals surface area contributed by atoms with Crippen LogP contribution >= 0.6 is 0 Å². The van der Waals surface area contributed by atoms with Crippen molar-refractivity contribution in [3.63, 3.8) is 0 Å². The second-order valence-electron chi connectivity index (χ2n) is 6.21. The molecule has 1 rings (SSSR count). The van der Waals surface area contributed by atoms with E-state index in [1.165, 1.54) is 37.7 Å². The maximum Gasteiger partial charge on any atom is 0.0117 e. The number of hydrazine groups is 1. The van der Waals surface area contributed by atoms with Crippen molar-refractivity contribution in [3.05, 3.63) is 11.8 Å². The summed E-state index contributed by atoms with van der Waals surface area (Å²) in [5, 5.41) is 0. The molecule has 2 unspecified atom stereocenters. The molecule has 0 heterocycles. The molecule has 1 aliphatic carbocycles. The van der Waals surface area contributed by atoms with E-state index in [0.717, 1.165) is 17.8 Å². The molecule has 0 spiro atoms. The van der Waals surface area contributed by atoms with Crippen molar-refractivity contribution in [2.24, 2.45) is 29.5 Å². The van der Waals surface area contributed by atoms with E-state index in [-0.39, 0.29) is 0 Å². The van der Waals surface area contributed by atoms with Crippen molar-refractivity contribution >= 4 is 0 Å². The zero-order chi connectivity index (χ0) is 12.8. The lowest BCUT2D eigenvalue weighted by Crippen LogP contribution is -2.22. The molecule has 2 atom stereocenters. The molecule has 17 heavy (non-hydrogen) atoms. The SMILES string of the molecule is CC(C)C1CCC/C(=C/NN)C(C(C)C)CC1. The van der Waals surface area contributed by atoms with Gasteiger partial charge in [-0.3, -0.25) is 5.84 Å². The van der Waals surface area contributed by atoms with Gasteiger partial charge in [-0.2, -0.15) is 0 Å². The molecule has 1 fully saturated rings. The van der Waals surface area contributed by atoms with Gasteiger partial charge in [0, 0.05) is 6.20 Å². The predicted octanol–water partition coefficient (Wildman–Crippen LogP) is 3.84. The average Bonchev–Trinajstić information content (AvgIpc) is 2.21. The second kappa shape index (κ2) is 7.05. The lowest BCUT2D eigenvalue weighted by Gasteiger charge is -2.31. The summed E-state index contributed by atoms with van der Waals surface area (Å²) in [4.78, 5) is 0. The van der Waals surface area contributed by atoms with Crippen LogP contribution in [-0.4, -0.2) is 0 Å². The maximum atomic E-state index is 5.46. The van der Waals surface area contributed by atoms with Crippen molar-refractivity contribution < 1.29 is 0 Å². The molecule has 1 saturated carbocycles. The third-order valence-corrected chi connectivity index (χ3v) is 4.38. The fourth-order valence-electron chi connectivity index (χ4n) is 3.19. The van der Waals surface area contributed by atoms with Crippen molar-refractivity contribution in [3.8, 4) is 0 Å². The Hall–Kier alpha value is -0.500. The smallest absolute Gasteiger partial charge is 0.0117 e. The summed E-state index contributed by atoms with van der Waals surface area (Å²) in [6, 6.07) is 0. The quantitative estimate of drug-likeness (QED) is 0.579. The number of nitrogens with two attached hydrogens (primary N) is 1. The van der Waals surface area contributed by atoms with Crippen LogP contribution in [0, 0.1) is 23.7 Å². The van der Waals surface area contributed by atoms with Crippen LogP contribution in [0.2, 0.25) is 0 Å². The lowest BCUT2D eigenvalue weighted by molar-refractivity contribution is 0.264. The summed E-state index contributed by atoms with van der Waals surface area (Å²) in [6.07, 6.45) is 8.66. The van der Waals surface area contributed by atoms with E-state index in [9.17, 15) is 0 Å². The highest BCUT2D eigenvalue weighted by molar-refractivity contribution is 5.07. The molecular weight excluding hydrogens is 208 g/mol. The lowest BCUT2D eigenvalue weighted by atomic mass is 9.75. The van der Waals surface area contributed by atoms with E-state index in [1.807, 2.05) is 6.20 Å². The van der Waals surface area contributed by atoms with Gasteiger partial charge >= 0.3 is 0 Å². The van der Waals surface area contributed by atoms with Gasteiger partial charge in [-0.15, -0.1) is 0 Å². The number of hydrogen-bond acceptors (Lipinski definition) is 2. The normalized spacial score (nSPS) is 29.5. The summed E-state index contributed by atoms with van der Waals surface area (Å²) in [5.41, 5.74) is 4.27. The third kappa shape index (κ3) is 4.34. The van der Waals surface area contributed by atoms with Gasteiger partial charge in [0.15, 0.2) is 0 Å². The largest absolute Gasteiger partial charge is 0.331 e. The molecule has 2 nitrogen and oxygen atoms in total. The number of hydrogen-bond donors (Lipinski definition) is 2. The number of rotatable bonds is 3. The van der Waals surface area contributed by atoms with Crippen LogP contribution < -0.4 is 11.3 Å². The Labute approximate surface area is 107 Å². The monoisotopic (exact) mass is 238 g/mol.